The van der Waals surface area contributed by atoms with E-state index >= 15 is 0 Å². The number of ether oxygens (including phenoxy) is 2. The molecule has 1 atom stereocenters. The summed E-state index contributed by atoms with van der Waals surface area (Å²) in [7, 11) is 0. The first-order chi connectivity index (χ1) is 13.8. The third-order valence-electron chi connectivity index (χ3n) is 4.30. The Morgan fingerprint density at radius 1 is 0.966 bits per heavy atom. The molecule has 0 spiro atoms. The fourth-order valence-electron chi connectivity index (χ4n) is 2.51. The molecular weight excluding hydrogens is 370 g/mol. The molecular formula is C23H27NO5. The van der Waals surface area contributed by atoms with Crippen LogP contribution in [0.3, 0.4) is 0 Å². The highest BCUT2D eigenvalue weighted by molar-refractivity contribution is 6.01. The Bertz CT molecular complexity index is 858. The van der Waals surface area contributed by atoms with Gasteiger partial charge in [-0.25, -0.2) is 0 Å². The van der Waals surface area contributed by atoms with Gasteiger partial charge < -0.3 is 14.8 Å². The molecule has 0 bridgehead atoms. The maximum absolute atomic E-state index is 12.5. The Balaban J connectivity index is 1.82. The summed E-state index contributed by atoms with van der Waals surface area (Å²) in [6.45, 7) is 7.24. The zero-order valence-electron chi connectivity index (χ0n) is 17.2. The number of para-hydroxylation sites is 1. The second kappa shape index (κ2) is 10.4. The van der Waals surface area contributed by atoms with Gasteiger partial charge in [-0.15, -0.1) is 0 Å². The molecule has 0 radical (unpaired) electrons. The Kier molecular flexibility index (Phi) is 7.95. The number of amides is 1. The van der Waals surface area contributed by atoms with Gasteiger partial charge >= 0.3 is 5.97 Å². The molecule has 6 heteroatoms. The van der Waals surface area contributed by atoms with Gasteiger partial charge in [-0.3, -0.25) is 14.4 Å². The minimum Gasteiger partial charge on any atom is -0.493 e. The van der Waals surface area contributed by atoms with Gasteiger partial charge in [-0.05, 0) is 49.7 Å². The van der Waals surface area contributed by atoms with Crippen LogP contribution in [0.1, 0.15) is 43.1 Å². The van der Waals surface area contributed by atoms with Crippen molar-refractivity contribution in [3.05, 3.63) is 59.7 Å². The molecule has 1 N–H and O–H groups in total. The van der Waals surface area contributed by atoms with Crippen LogP contribution in [0.2, 0.25) is 0 Å². The summed E-state index contributed by atoms with van der Waals surface area (Å²) in [4.78, 5) is 36.2. The van der Waals surface area contributed by atoms with Gasteiger partial charge in [0, 0.05) is 17.2 Å². The van der Waals surface area contributed by atoms with E-state index in [1.807, 2.05) is 31.2 Å². The quantitative estimate of drug-likeness (QED) is 0.507. The number of carbonyl (C=O) groups is 3. The molecule has 1 unspecified atom stereocenters. The largest absolute Gasteiger partial charge is 0.493 e. The van der Waals surface area contributed by atoms with Crippen molar-refractivity contribution in [2.45, 2.75) is 40.2 Å². The van der Waals surface area contributed by atoms with Crippen molar-refractivity contribution in [2.24, 2.45) is 5.92 Å². The first-order valence-electron chi connectivity index (χ1n) is 9.61. The summed E-state index contributed by atoms with van der Waals surface area (Å²) in [5.41, 5.74) is 2.00. The van der Waals surface area contributed by atoms with Crippen LogP contribution in [0.15, 0.2) is 48.5 Å². The zero-order chi connectivity index (χ0) is 21.4. The number of hydrogen-bond donors (Lipinski definition) is 1. The summed E-state index contributed by atoms with van der Waals surface area (Å²) in [5, 5.41) is 2.76. The van der Waals surface area contributed by atoms with Crippen molar-refractivity contribution in [1.82, 2.24) is 0 Å². The van der Waals surface area contributed by atoms with Gasteiger partial charge in [0.05, 0.1) is 13.0 Å². The van der Waals surface area contributed by atoms with E-state index in [4.69, 9.17) is 9.47 Å². The summed E-state index contributed by atoms with van der Waals surface area (Å²) >= 11 is 0. The molecule has 0 aliphatic heterocycles. The molecule has 29 heavy (non-hydrogen) atoms. The SMILES string of the molecule is Cc1ccccc1OCCC(=O)OC(C)C(=O)c1ccc(NC(=O)C(C)C)cc1. The average molecular weight is 397 g/mol. The lowest BCUT2D eigenvalue weighted by atomic mass is 10.1. The highest BCUT2D eigenvalue weighted by Gasteiger charge is 2.19. The number of rotatable bonds is 9. The molecule has 0 fully saturated rings. The fourth-order valence-corrected chi connectivity index (χ4v) is 2.51. The Hall–Kier alpha value is -3.15. The lowest BCUT2D eigenvalue weighted by Crippen LogP contribution is -2.25. The van der Waals surface area contributed by atoms with Crippen LogP contribution in [0.5, 0.6) is 5.75 Å². The van der Waals surface area contributed by atoms with Gasteiger partial charge in [0.1, 0.15) is 5.75 Å². The first kappa shape index (κ1) is 22.1. The third kappa shape index (κ3) is 6.75. The van der Waals surface area contributed by atoms with Crippen LogP contribution >= 0.6 is 0 Å². The van der Waals surface area contributed by atoms with Gasteiger partial charge in [0.25, 0.3) is 0 Å². The van der Waals surface area contributed by atoms with Gasteiger partial charge in [0.2, 0.25) is 11.7 Å². The number of hydrogen-bond acceptors (Lipinski definition) is 5. The normalized spacial score (nSPS) is 11.6. The number of benzene rings is 2. The maximum Gasteiger partial charge on any atom is 0.309 e. The predicted molar refractivity (Wildman–Crippen MR) is 111 cm³/mol. The number of Topliss-reactive ketones (excluding diaryl/α,β-unsaturated/α-hetero) is 1. The van der Waals surface area contributed by atoms with E-state index < -0.39 is 12.1 Å². The molecule has 0 aromatic heterocycles. The van der Waals surface area contributed by atoms with E-state index in [1.54, 1.807) is 38.1 Å². The molecule has 0 saturated heterocycles. The van der Waals surface area contributed by atoms with Crippen molar-refractivity contribution < 1.29 is 23.9 Å². The molecule has 0 heterocycles. The summed E-state index contributed by atoms with van der Waals surface area (Å²) < 4.78 is 10.8. The van der Waals surface area contributed by atoms with Crippen LogP contribution in [-0.4, -0.2) is 30.4 Å². The van der Waals surface area contributed by atoms with Crippen molar-refractivity contribution in [3.63, 3.8) is 0 Å². The van der Waals surface area contributed by atoms with Crippen LogP contribution in [0, 0.1) is 12.8 Å². The molecule has 0 aliphatic carbocycles. The Morgan fingerprint density at radius 3 is 2.24 bits per heavy atom. The molecule has 0 aliphatic rings. The number of aryl methyl sites for hydroxylation is 1. The number of ketones is 1. The van der Waals surface area contributed by atoms with E-state index in [2.05, 4.69) is 5.32 Å². The van der Waals surface area contributed by atoms with Gasteiger partial charge in [-0.1, -0.05) is 32.0 Å². The molecule has 6 nitrogen and oxygen atoms in total. The molecule has 0 saturated carbocycles. The fraction of sp³-hybridized carbons (Fsp3) is 0.348. The van der Waals surface area contributed by atoms with Crippen molar-refractivity contribution in [3.8, 4) is 5.75 Å². The van der Waals surface area contributed by atoms with E-state index in [0.29, 0.717) is 17.0 Å². The Morgan fingerprint density at radius 2 is 1.62 bits per heavy atom. The second-order valence-corrected chi connectivity index (χ2v) is 7.08. The lowest BCUT2D eigenvalue weighted by Gasteiger charge is -2.14. The number of anilines is 1. The van der Waals surface area contributed by atoms with Crippen LogP contribution < -0.4 is 10.1 Å². The third-order valence-corrected chi connectivity index (χ3v) is 4.30. The lowest BCUT2D eigenvalue weighted by molar-refractivity contribution is -0.146. The second-order valence-electron chi connectivity index (χ2n) is 7.08. The summed E-state index contributed by atoms with van der Waals surface area (Å²) in [5.74, 6) is -0.320. The highest BCUT2D eigenvalue weighted by Crippen LogP contribution is 2.17. The Labute approximate surface area is 171 Å². The van der Waals surface area contributed by atoms with Crippen molar-refractivity contribution in [1.29, 1.82) is 0 Å². The van der Waals surface area contributed by atoms with Gasteiger partial charge in [-0.2, -0.15) is 0 Å². The number of nitrogens with one attached hydrogen (secondary N) is 1. The summed E-state index contributed by atoms with van der Waals surface area (Å²) in [6, 6.07) is 14.0. The monoisotopic (exact) mass is 397 g/mol. The minimum absolute atomic E-state index is 0.0477. The molecule has 1 amide bonds. The van der Waals surface area contributed by atoms with Gasteiger partial charge in [0.15, 0.2) is 6.10 Å². The maximum atomic E-state index is 12.5. The number of esters is 1. The molecule has 2 aromatic carbocycles. The predicted octanol–water partition coefficient (Wildman–Crippen LogP) is 4.17. The average Bonchev–Trinajstić information content (AvgIpc) is 2.69. The van der Waals surface area contributed by atoms with Crippen molar-refractivity contribution >= 4 is 23.3 Å². The topological polar surface area (TPSA) is 81.7 Å². The standard InChI is InChI=1S/C23H27NO5/c1-15(2)23(27)24-19-11-9-18(10-12-19)22(26)17(4)29-21(25)13-14-28-20-8-6-5-7-16(20)3/h5-12,15,17H,13-14H2,1-4H3,(H,24,27). The van der Waals surface area contributed by atoms with Crippen LogP contribution in [-0.2, 0) is 14.3 Å². The smallest absolute Gasteiger partial charge is 0.309 e. The summed E-state index contributed by atoms with van der Waals surface area (Å²) in [6.07, 6.45) is -0.858. The molecule has 154 valence electrons. The first-order valence-corrected chi connectivity index (χ1v) is 9.61. The number of carbonyl (C=O) groups excluding carboxylic acids is 3. The van der Waals surface area contributed by atoms with E-state index in [0.717, 1.165) is 5.56 Å². The van der Waals surface area contributed by atoms with Crippen molar-refractivity contribution in [2.75, 3.05) is 11.9 Å². The van der Waals surface area contributed by atoms with E-state index in [9.17, 15) is 14.4 Å². The van der Waals surface area contributed by atoms with Crippen LogP contribution in [0.25, 0.3) is 0 Å². The zero-order valence-corrected chi connectivity index (χ0v) is 17.2. The van der Waals surface area contributed by atoms with E-state index in [1.165, 1.54) is 6.92 Å². The highest BCUT2D eigenvalue weighted by atomic mass is 16.5. The van der Waals surface area contributed by atoms with E-state index in [-0.39, 0.29) is 30.6 Å². The minimum atomic E-state index is -0.905. The van der Waals surface area contributed by atoms with Crippen LogP contribution in [0.4, 0.5) is 5.69 Å². The molecule has 2 rings (SSSR count). The molecule has 2 aromatic rings.